The fourth-order valence-electron chi connectivity index (χ4n) is 0.606. The minimum absolute atomic E-state index is 0.243. The maximum Gasteiger partial charge on any atom is 0.422 e. The summed E-state index contributed by atoms with van der Waals surface area (Å²) in [4.78, 5) is 10.8. The zero-order chi connectivity index (χ0) is 11.4. The molecule has 82 valence electrons. The Kier molecular flexibility index (Phi) is 4.62. The van der Waals surface area contributed by atoms with E-state index in [1.807, 2.05) is 0 Å². The Morgan fingerprint density at radius 2 is 2.00 bits per heavy atom. The van der Waals surface area contributed by atoms with Gasteiger partial charge in [-0.1, -0.05) is 6.58 Å². The second-order valence-corrected chi connectivity index (χ2v) is 2.40. The van der Waals surface area contributed by atoms with Gasteiger partial charge in [0.2, 0.25) is 0 Å². The van der Waals surface area contributed by atoms with Crippen molar-refractivity contribution in [1.82, 2.24) is 0 Å². The molecule has 0 aliphatic heterocycles. The van der Waals surface area contributed by atoms with Gasteiger partial charge in [0.05, 0.1) is 0 Å². The Labute approximate surface area is 79.5 Å². The van der Waals surface area contributed by atoms with E-state index in [-0.39, 0.29) is 6.61 Å². The number of hydrogen-bond donors (Lipinski definition) is 0. The Bertz CT molecular complexity index is 222. The molecule has 0 amide bonds. The fraction of sp³-hybridized carbons (Fsp3) is 0.625. The predicted molar refractivity (Wildman–Crippen MR) is 42.4 cm³/mol. The highest BCUT2D eigenvalue weighted by Crippen LogP contribution is 2.25. The van der Waals surface area contributed by atoms with E-state index < -0.39 is 24.0 Å². The Hall–Kier alpha value is -1.04. The summed E-state index contributed by atoms with van der Waals surface area (Å²) < 4.78 is 44.7. The van der Waals surface area contributed by atoms with Crippen molar-refractivity contribution in [2.24, 2.45) is 0 Å². The molecule has 0 aromatic heterocycles. The summed E-state index contributed by atoms with van der Waals surface area (Å²) in [7, 11) is 0. The van der Waals surface area contributed by atoms with Crippen LogP contribution < -0.4 is 0 Å². The van der Waals surface area contributed by atoms with Gasteiger partial charge in [0.25, 0.3) is 0 Å². The molecule has 6 heteroatoms. The predicted octanol–water partition coefficient (Wildman–Crippen LogP) is 2.03. The summed E-state index contributed by atoms with van der Waals surface area (Å²) in [6, 6.07) is 0. The lowest BCUT2D eigenvalue weighted by molar-refractivity contribution is -0.177. The summed E-state index contributed by atoms with van der Waals surface area (Å²) in [5.41, 5.74) is -1.54. The molecule has 0 N–H and O–H groups in total. The standard InChI is InChI=1S/C8H11F3O3/c1-4-13-6(3)14-7(12)5(2)8(9,10)11/h6H,2,4H2,1,3H3. The van der Waals surface area contributed by atoms with Gasteiger partial charge >= 0.3 is 12.1 Å². The van der Waals surface area contributed by atoms with Crippen LogP contribution in [0.15, 0.2) is 12.2 Å². The molecule has 0 radical (unpaired) electrons. The number of esters is 1. The summed E-state index contributed by atoms with van der Waals surface area (Å²) in [6.07, 6.45) is -5.77. The van der Waals surface area contributed by atoms with Gasteiger partial charge < -0.3 is 9.47 Å². The number of hydrogen-bond acceptors (Lipinski definition) is 3. The van der Waals surface area contributed by atoms with Gasteiger partial charge in [-0.3, -0.25) is 0 Å². The average Bonchev–Trinajstić information content (AvgIpc) is 2.01. The molecule has 0 fully saturated rings. The van der Waals surface area contributed by atoms with E-state index in [4.69, 9.17) is 4.74 Å². The van der Waals surface area contributed by atoms with Crippen LogP contribution in [0.2, 0.25) is 0 Å². The Morgan fingerprint density at radius 1 is 1.50 bits per heavy atom. The third kappa shape index (κ3) is 4.27. The minimum Gasteiger partial charge on any atom is -0.432 e. The zero-order valence-electron chi connectivity index (χ0n) is 7.85. The molecule has 0 bridgehead atoms. The molecule has 0 aromatic carbocycles. The van der Waals surface area contributed by atoms with Crippen molar-refractivity contribution in [3.05, 3.63) is 12.2 Å². The fourth-order valence-corrected chi connectivity index (χ4v) is 0.606. The van der Waals surface area contributed by atoms with Crippen molar-refractivity contribution in [3.63, 3.8) is 0 Å². The van der Waals surface area contributed by atoms with Crippen molar-refractivity contribution >= 4 is 5.97 Å². The highest BCUT2D eigenvalue weighted by molar-refractivity contribution is 5.89. The summed E-state index contributed by atoms with van der Waals surface area (Å²) in [6.45, 7) is 5.78. The van der Waals surface area contributed by atoms with Crippen molar-refractivity contribution in [2.75, 3.05) is 6.61 Å². The lowest BCUT2D eigenvalue weighted by atomic mass is 10.3. The highest BCUT2D eigenvalue weighted by Gasteiger charge is 2.38. The first-order chi connectivity index (χ1) is 6.29. The first kappa shape index (κ1) is 13.0. The molecular formula is C8H11F3O3. The van der Waals surface area contributed by atoms with E-state index in [0.717, 1.165) is 0 Å². The monoisotopic (exact) mass is 212 g/mol. The minimum atomic E-state index is -4.76. The molecule has 0 heterocycles. The second-order valence-electron chi connectivity index (χ2n) is 2.40. The molecule has 0 saturated heterocycles. The molecule has 0 rings (SSSR count). The van der Waals surface area contributed by atoms with Gasteiger partial charge in [0.15, 0.2) is 6.29 Å². The maximum atomic E-state index is 11.9. The third-order valence-electron chi connectivity index (χ3n) is 1.26. The maximum absolute atomic E-state index is 11.9. The Balaban J connectivity index is 4.16. The smallest absolute Gasteiger partial charge is 0.422 e. The van der Waals surface area contributed by atoms with E-state index >= 15 is 0 Å². The van der Waals surface area contributed by atoms with E-state index in [1.165, 1.54) is 6.92 Å². The van der Waals surface area contributed by atoms with Crippen molar-refractivity contribution in [3.8, 4) is 0 Å². The van der Waals surface area contributed by atoms with Crippen LogP contribution >= 0.6 is 0 Å². The SMILES string of the molecule is C=C(C(=O)OC(C)OCC)C(F)(F)F. The van der Waals surface area contributed by atoms with Gasteiger partial charge in [0.1, 0.15) is 5.57 Å². The van der Waals surface area contributed by atoms with E-state index in [2.05, 4.69) is 11.3 Å². The molecule has 14 heavy (non-hydrogen) atoms. The molecule has 0 spiro atoms. The van der Waals surface area contributed by atoms with Gasteiger partial charge in [0, 0.05) is 6.61 Å². The van der Waals surface area contributed by atoms with Crippen LogP contribution in [-0.2, 0) is 14.3 Å². The molecule has 3 nitrogen and oxygen atoms in total. The van der Waals surface area contributed by atoms with Gasteiger partial charge in [-0.15, -0.1) is 0 Å². The van der Waals surface area contributed by atoms with Crippen molar-refractivity contribution in [2.45, 2.75) is 26.3 Å². The van der Waals surface area contributed by atoms with Crippen LogP contribution in [0, 0.1) is 0 Å². The van der Waals surface area contributed by atoms with Crippen LogP contribution in [0.4, 0.5) is 13.2 Å². The average molecular weight is 212 g/mol. The van der Waals surface area contributed by atoms with Crippen LogP contribution in [0.5, 0.6) is 0 Å². The third-order valence-corrected chi connectivity index (χ3v) is 1.26. The van der Waals surface area contributed by atoms with Crippen LogP contribution in [0.3, 0.4) is 0 Å². The number of alkyl halides is 3. The van der Waals surface area contributed by atoms with Crippen LogP contribution in [-0.4, -0.2) is 25.0 Å². The summed E-state index contributed by atoms with van der Waals surface area (Å²) in [5.74, 6) is -1.52. The summed E-state index contributed by atoms with van der Waals surface area (Å²) >= 11 is 0. The molecular weight excluding hydrogens is 201 g/mol. The zero-order valence-corrected chi connectivity index (χ0v) is 7.85. The largest absolute Gasteiger partial charge is 0.432 e. The van der Waals surface area contributed by atoms with E-state index in [9.17, 15) is 18.0 Å². The first-order valence-corrected chi connectivity index (χ1v) is 3.87. The molecule has 0 aliphatic rings. The van der Waals surface area contributed by atoms with Gasteiger partial charge in [-0.2, -0.15) is 13.2 Å². The normalized spacial score (nSPS) is 13.5. The Morgan fingerprint density at radius 3 is 2.36 bits per heavy atom. The quantitative estimate of drug-likeness (QED) is 0.406. The number of carbonyl (C=O) groups is 1. The molecule has 0 saturated carbocycles. The first-order valence-electron chi connectivity index (χ1n) is 3.87. The van der Waals surface area contributed by atoms with Crippen LogP contribution in [0.1, 0.15) is 13.8 Å². The van der Waals surface area contributed by atoms with Gasteiger partial charge in [-0.05, 0) is 13.8 Å². The van der Waals surface area contributed by atoms with Crippen LogP contribution in [0.25, 0.3) is 0 Å². The topological polar surface area (TPSA) is 35.5 Å². The highest BCUT2D eigenvalue weighted by atomic mass is 19.4. The molecule has 1 unspecified atom stereocenters. The molecule has 0 aromatic rings. The van der Waals surface area contributed by atoms with Gasteiger partial charge in [-0.25, -0.2) is 4.79 Å². The number of rotatable bonds is 4. The van der Waals surface area contributed by atoms with Crippen molar-refractivity contribution < 1.29 is 27.4 Å². The summed E-state index contributed by atoms with van der Waals surface area (Å²) in [5, 5.41) is 0. The lowest BCUT2D eigenvalue weighted by Crippen LogP contribution is -2.25. The number of carbonyl (C=O) groups excluding carboxylic acids is 1. The number of halogens is 3. The lowest BCUT2D eigenvalue weighted by Gasteiger charge is -2.14. The van der Waals surface area contributed by atoms with Crippen molar-refractivity contribution in [1.29, 1.82) is 0 Å². The molecule has 0 aliphatic carbocycles. The van der Waals surface area contributed by atoms with E-state index in [1.54, 1.807) is 6.92 Å². The second kappa shape index (κ2) is 4.99. The molecule has 1 atom stereocenters. The number of ether oxygens (including phenoxy) is 2. The van der Waals surface area contributed by atoms with E-state index in [0.29, 0.717) is 0 Å².